The first kappa shape index (κ1) is 110. The van der Waals surface area contributed by atoms with E-state index in [1.807, 2.05) is 77.3 Å². The highest BCUT2D eigenvalue weighted by Gasteiger charge is 2.46. The van der Waals surface area contributed by atoms with E-state index in [1.165, 1.54) is 81.0 Å². The van der Waals surface area contributed by atoms with Gasteiger partial charge < -0.3 is 52.7 Å². The Balaban J connectivity index is 0.000000183. The lowest BCUT2D eigenvalue weighted by atomic mass is 9.73. The van der Waals surface area contributed by atoms with E-state index in [1.54, 1.807) is 12.1 Å². The number of alkyl halides is 2. The zero-order valence-electron chi connectivity index (χ0n) is 88.5. The number of carbonyl (C=O) groups excluding carboxylic acids is 1. The minimum Gasteiger partial charge on any atom is -0.493 e. The van der Waals surface area contributed by atoms with Crippen LogP contribution in [0.4, 0.5) is 14.5 Å². The van der Waals surface area contributed by atoms with Crippen LogP contribution in [0, 0.1) is 33.5 Å². The summed E-state index contributed by atoms with van der Waals surface area (Å²) in [4.78, 5) is 15.2. The van der Waals surface area contributed by atoms with Crippen LogP contribution in [-0.2, 0) is 67.7 Å². The molecule has 4 atom stereocenters. The standard InChI is InChI=1S/C13H18O2.2C13H18O.C12H15NO.C12H16O2.C12H16O.C12H18.C11H12F2O2.C11H22O.C10H15N/c1-12(2,3)9-6-7-10-11(8-9)15-13(4,5)14-10;1-13(2,3)11-6-7-12-10(9-11)5-4-8-14-12;1-13(2,3)11-8-9-14-12-7-5-4-6-10(11)12;1-12(2,3)9-4-5-10-8(6-9)7-11(14)13-10;1-12(2,3)9-4-5-10-11(8-9)14-7-6-13-10;1-12(2,3)10-4-5-11-9(8-10)6-7-13-11;1-10(12(2,3)4)11-8-6-5-7-9-11;1-10(2,3)7-5-4-6-8-9(7)15-11(12,13)14-8;1-9(11(2,3)4)10-6-5-7-12-8-10;1-10(2,3)7-9-5-4-6-11-8-9/h6-8H,1-5H3;6-7,9H,4-5,8H2,1-3H3;4-7,11H,8-9H2,1-3H3;4-6H,7H2,1-3H3,(H,13,14);4-5,8H,6-7H2,1-3H3;4-5,8H,6-7H2,1-3H3;5-10H,1-4H3;4-6H,1-3H3;9-10H,5-8H2,1-4H3;4-6,8H,7H2,1-3H3. The molecule has 0 spiro atoms. The van der Waals surface area contributed by atoms with Crippen molar-refractivity contribution in [3.05, 3.63) is 255 Å². The van der Waals surface area contributed by atoms with Crippen LogP contribution in [0.3, 0.4) is 0 Å². The lowest BCUT2D eigenvalue weighted by Gasteiger charge is -2.36. The summed E-state index contributed by atoms with van der Waals surface area (Å²) >= 11 is 0. The number of aryl methyl sites for hydroxylation is 1. The molecule has 4 unspecified atom stereocenters. The van der Waals surface area contributed by atoms with Crippen LogP contribution in [0.1, 0.15) is 340 Å². The predicted molar refractivity (Wildman–Crippen MR) is 551 cm³/mol. The van der Waals surface area contributed by atoms with E-state index in [2.05, 4.69) is 348 Å². The lowest BCUT2D eigenvalue weighted by Crippen LogP contribution is -2.31. The van der Waals surface area contributed by atoms with Gasteiger partial charge >= 0.3 is 6.29 Å². The topological polar surface area (TPSA) is 134 Å². The van der Waals surface area contributed by atoms with Crippen molar-refractivity contribution in [2.24, 2.45) is 33.5 Å². The van der Waals surface area contributed by atoms with Gasteiger partial charge in [-0.3, -0.25) is 9.78 Å². The Morgan fingerprint density at radius 1 is 0.418 bits per heavy atom. The quantitative estimate of drug-likeness (QED) is 0.180. The molecule has 0 radical (unpaired) electrons. The van der Waals surface area contributed by atoms with E-state index in [0.717, 1.165) is 128 Å². The highest BCUT2D eigenvalue weighted by Crippen LogP contribution is 2.49. The predicted octanol–water partition coefficient (Wildman–Crippen LogP) is 31.5. The third kappa shape index (κ3) is 34.3. The van der Waals surface area contributed by atoms with Crippen LogP contribution in [-0.4, -0.2) is 69.2 Å². The maximum absolute atomic E-state index is 12.9. The van der Waals surface area contributed by atoms with Gasteiger partial charge in [-0.1, -0.05) is 337 Å². The Labute approximate surface area is 807 Å². The molecule has 1 amide bonds. The summed E-state index contributed by atoms with van der Waals surface area (Å²) in [5.41, 5.74) is 18.5. The molecule has 9 heterocycles. The van der Waals surface area contributed by atoms with Crippen molar-refractivity contribution in [1.82, 2.24) is 4.98 Å². The molecule has 8 aromatic carbocycles. The summed E-state index contributed by atoms with van der Waals surface area (Å²) in [5, 5.41) is 2.84. The molecule has 1 aromatic heterocycles. The van der Waals surface area contributed by atoms with E-state index < -0.39 is 12.1 Å². The zero-order valence-corrected chi connectivity index (χ0v) is 88.5. The second kappa shape index (κ2) is 45.6. The van der Waals surface area contributed by atoms with Gasteiger partial charge in [0.2, 0.25) is 11.7 Å². The summed E-state index contributed by atoms with van der Waals surface area (Å²) in [6, 6.07) is 59.9. The van der Waals surface area contributed by atoms with Crippen LogP contribution in [0.15, 0.2) is 188 Å². The van der Waals surface area contributed by atoms with Crippen molar-refractivity contribution in [2.45, 2.75) is 343 Å². The van der Waals surface area contributed by atoms with Crippen LogP contribution in [0.25, 0.3) is 0 Å². The van der Waals surface area contributed by atoms with Crippen molar-refractivity contribution >= 4 is 11.6 Å². The Bertz CT molecular complexity index is 5120. The van der Waals surface area contributed by atoms with E-state index in [9.17, 15) is 13.6 Å². The van der Waals surface area contributed by atoms with Crippen LogP contribution >= 0.6 is 0 Å². The monoisotopic (exact) mass is 1840 g/mol. The number of ether oxygens (including phenoxy) is 10. The van der Waals surface area contributed by atoms with Crippen molar-refractivity contribution < 1.29 is 60.9 Å². The summed E-state index contributed by atoms with van der Waals surface area (Å²) in [6.45, 7) is 80.7. The molecule has 1 saturated heterocycles. The number of rotatable bonds is 3. The highest BCUT2D eigenvalue weighted by molar-refractivity contribution is 5.99. The maximum atomic E-state index is 12.9. The molecule has 8 aliphatic heterocycles. The minimum absolute atomic E-state index is 0.103. The van der Waals surface area contributed by atoms with Crippen LogP contribution in [0.5, 0.6) is 51.7 Å². The number of para-hydroxylation sites is 2. The van der Waals surface area contributed by atoms with E-state index >= 15 is 0 Å². The SMILES string of the molecule is CC(C)(C)C1CCOc2ccccc21.CC(C)(C)Cc1cccnc1.CC(C)(C)c1ccc2c(c1)CC(=O)N2.CC(C)(C)c1ccc2c(c1)CCCO2.CC(C)(C)c1ccc2c(c1)CCO2.CC(C)(C)c1ccc2c(c1)OCCO2.CC(C)(C)c1cccc2c1OC(F)(F)O2.CC(C1CCCOC1)C(C)(C)C.CC(c1ccccc1)C(C)(C)C.CC1(C)Oc2ccc(C(C)(C)C)cc2O1. The highest BCUT2D eigenvalue weighted by atomic mass is 19.3. The normalized spacial score (nSPS) is 17.4. The molecule has 1 N–H and O–H groups in total. The Hall–Kier alpha value is -9.60. The average Bonchev–Trinajstić information content (AvgIpc) is 1.62. The molecular formula is C119H168F2N2O11. The summed E-state index contributed by atoms with van der Waals surface area (Å²) < 4.78 is 79.1. The molecule has 134 heavy (non-hydrogen) atoms. The number of hydrogen-bond donors (Lipinski definition) is 1. The number of amides is 1. The lowest BCUT2D eigenvalue weighted by molar-refractivity contribution is -0.287. The molecule has 8 aliphatic rings. The first-order valence-corrected chi connectivity index (χ1v) is 49.0. The molecule has 734 valence electrons. The Kier molecular flexibility index (Phi) is 37.3. The molecule has 0 saturated carbocycles. The summed E-state index contributed by atoms with van der Waals surface area (Å²) in [7, 11) is 0. The van der Waals surface area contributed by atoms with Gasteiger partial charge in [0.1, 0.15) is 30.5 Å². The van der Waals surface area contributed by atoms with Gasteiger partial charge in [0.25, 0.3) is 0 Å². The molecular weight excluding hydrogens is 1670 g/mol. The largest absolute Gasteiger partial charge is 0.586 e. The number of hydrogen-bond acceptors (Lipinski definition) is 12. The van der Waals surface area contributed by atoms with Crippen molar-refractivity contribution in [3.63, 3.8) is 0 Å². The van der Waals surface area contributed by atoms with E-state index in [0.29, 0.717) is 53.1 Å². The number of benzene rings is 8. The van der Waals surface area contributed by atoms with Gasteiger partial charge in [-0.25, -0.2) is 0 Å². The van der Waals surface area contributed by atoms with Crippen LogP contribution in [0.2, 0.25) is 0 Å². The first-order chi connectivity index (χ1) is 62.0. The number of anilines is 1. The summed E-state index contributed by atoms with van der Waals surface area (Å²) in [6.07, 6.45) is 8.98. The van der Waals surface area contributed by atoms with Crippen molar-refractivity contribution in [1.29, 1.82) is 0 Å². The number of pyridine rings is 1. The molecule has 0 aliphatic carbocycles. The zero-order chi connectivity index (χ0) is 99.6. The fraction of sp³-hybridized carbons (Fsp3) is 0.546. The maximum Gasteiger partial charge on any atom is 0.586 e. The second-order valence-corrected chi connectivity index (χ2v) is 48.0. The van der Waals surface area contributed by atoms with Crippen molar-refractivity contribution in [3.8, 4) is 51.7 Å². The molecule has 1 fully saturated rings. The average molecular weight is 1840 g/mol. The number of fused-ring (bicyclic) bond motifs is 7. The third-order valence-electron chi connectivity index (χ3n) is 25.4. The first-order valence-electron chi connectivity index (χ1n) is 49.0. The fourth-order valence-corrected chi connectivity index (χ4v) is 16.4. The molecule has 13 nitrogen and oxygen atoms in total. The molecule has 0 bridgehead atoms. The number of halogens is 2. The smallest absolute Gasteiger partial charge is 0.493 e. The molecule has 15 heteroatoms. The van der Waals surface area contributed by atoms with Gasteiger partial charge in [-0.05, 0) is 238 Å². The second-order valence-electron chi connectivity index (χ2n) is 48.0. The number of nitrogens with one attached hydrogen (secondary N) is 1. The van der Waals surface area contributed by atoms with Crippen LogP contribution < -0.4 is 47.9 Å². The van der Waals surface area contributed by atoms with Gasteiger partial charge in [-0.2, -0.15) is 0 Å². The molecule has 9 aromatic rings. The van der Waals surface area contributed by atoms with Gasteiger partial charge in [0, 0.05) is 57.1 Å². The van der Waals surface area contributed by atoms with Gasteiger partial charge in [0.05, 0.1) is 26.2 Å². The van der Waals surface area contributed by atoms with E-state index in [-0.39, 0.29) is 49.9 Å². The van der Waals surface area contributed by atoms with Gasteiger partial charge in [0.15, 0.2) is 34.5 Å². The number of nitrogens with zero attached hydrogens (tertiary/aromatic N) is 1. The Morgan fingerprint density at radius 2 is 0.910 bits per heavy atom. The van der Waals surface area contributed by atoms with Crippen molar-refractivity contribution in [2.75, 3.05) is 51.6 Å². The van der Waals surface area contributed by atoms with E-state index in [4.69, 9.17) is 37.9 Å². The summed E-state index contributed by atoms with van der Waals surface area (Å²) in [5.74, 6) is 9.33. The number of aromatic nitrogens is 1. The Morgan fingerprint density at radius 3 is 1.44 bits per heavy atom. The number of carbonyl (C=O) groups is 1. The third-order valence-corrected chi connectivity index (χ3v) is 25.4. The molecule has 17 rings (SSSR count). The minimum atomic E-state index is -3.54. The van der Waals surface area contributed by atoms with Gasteiger partial charge in [-0.15, -0.1) is 8.78 Å². The fourth-order valence-electron chi connectivity index (χ4n) is 16.4.